The van der Waals surface area contributed by atoms with Crippen molar-refractivity contribution in [3.8, 4) is 5.88 Å². The molecule has 0 N–H and O–H groups in total. The van der Waals surface area contributed by atoms with E-state index < -0.39 is 10.9 Å². The average Bonchev–Trinajstić information content (AvgIpc) is 2.73. The minimum absolute atomic E-state index is 0.0437. The molecule has 148 valence electrons. The summed E-state index contributed by atoms with van der Waals surface area (Å²) in [6, 6.07) is 6.67. The fourth-order valence-corrected chi connectivity index (χ4v) is 3.35. The first-order valence-electron chi connectivity index (χ1n) is 9.10. The van der Waals surface area contributed by atoms with Crippen LogP contribution in [0.3, 0.4) is 0 Å². The minimum Gasteiger partial charge on any atom is -0.469 e. The van der Waals surface area contributed by atoms with Crippen LogP contribution in [0.2, 0.25) is 0 Å². The number of ether oxygens (including phenoxy) is 2. The molecule has 0 aliphatic heterocycles. The smallest absolute Gasteiger partial charge is 0.373 e. The van der Waals surface area contributed by atoms with Crippen LogP contribution in [0.15, 0.2) is 30.6 Å². The highest BCUT2D eigenvalue weighted by Gasteiger charge is 2.31. The van der Waals surface area contributed by atoms with Crippen molar-refractivity contribution in [3.63, 3.8) is 0 Å². The first-order valence-corrected chi connectivity index (χ1v) is 9.10. The largest absolute Gasteiger partial charge is 0.469 e. The van der Waals surface area contributed by atoms with Crippen LogP contribution in [0.1, 0.15) is 42.5 Å². The van der Waals surface area contributed by atoms with Gasteiger partial charge in [0, 0.05) is 7.05 Å². The Hall–Kier alpha value is -3.23. The molecule has 0 radical (unpaired) electrons. The van der Waals surface area contributed by atoms with Crippen LogP contribution in [-0.4, -0.2) is 41.1 Å². The number of hydrogen-bond donors (Lipinski definition) is 0. The minimum atomic E-state index is -0.551. The standard InChI is InChI=1S/C19H22N4O5/c1-22(15-11-7-6-10-14(15)19(24)27-2)17-16(23(25)26)18(21-12-20-17)28-13-8-4-3-5-9-13/h6-7,10-13H,3-5,8-9H2,1-2H3. The molecule has 9 nitrogen and oxygen atoms in total. The maximum Gasteiger partial charge on any atom is 0.373 e. The summed E-state index contributed by atoms with van der Waals surface area (Å²) in [4.78, 5) is 32.9. The summed E-state index contributed by atoms with van der Waals surface area (Å²) < 4.78 is 10.7. The van der Waals surface area contributed by atoms with Crippen molar-refractivity contribution in [3.05, 3.63) is 46.3 Å². The molecule has 2 aromatic rings. The maximum atomic E-state index is 12.1. The summed E-state index contributed by atoms with van der Waals surface area (Å²) in [5, 5.41) is 11.8. The van der Waals surface area contributed by atoms with Crippen LogP contribution in [0.5, 0.6) is 5.88 Å². The Morgan fingerprint density at radius 3 is 2.61 bits per heavy atom. The molecule has 1 aromatic heterocycles. The van der Waals surface area contributed by atoms with Crippen LogP contribution >= 0.6 is 0 Å². The molecule has 0 spiro atoms. The van der Waals surface area contributed by atoms with Crippen molar-refractivity contribution in [2.75, 3.05) is 19.1 Å². The molecule has 0 saturated heterocycles. The average molecular weight is 386 g/mol. The van der Waals surface area contributed by atoms with E-state index in [4.69, 9.17) is 9.47 Å². The topological polar surface area (TPSA) is 108 Å². The second kappa shape index (κ2) is 8.64. The number of anilines is 2. The summed E-state index contributed by atoms with van der Waals surface area (Å²) in [5.74, 6) is -0.552. The fourth-order valence-electron chi connectivity index (χ4n) is 3.35. The van der Waals surface area contributed by atoms with Crippen LogP contribution in [0.25, 0.3) is 0 Å². The number of benzene rings is 1. The van der Waals surface area contributed by atoms with E-state index in [1.165, 1.54) is 18.3 Å². The number of nitro groups is 1. The van der Waals surface area contributed by atoms with Gasteiger partial charge in [-0.2, -0.15) is 4.98 Å². The Kier molecular flexibility index (Phi) is 6.03. The predicted octanol–water partition coefficient (Wildman–Crippen LogP) is 3.65. The highest BCUT2D eigenvalue weighted by atomic mass is 16.6. The third-order valence-electron chi connectivity index (χ3n) is 4.77. The first-order chi connectivity index (χ1) is 13.5. The molecule has 1 aromatic carbocycles. The molecule has 1 saturated carbocycles. The predicted molar refractivity (Wildman–Crippen MR) is 102 cm³/mol. The van der Waals surface area contributed by atoms with Gasteiger partial charge in [-0.05, 0) is 37.8 Å². The lowest BCUT2D eigenvalue weighted by Gasteiger charge is -2.24. The lowest BCUT2D eigenvalue weighted by atomic mass is 9.98. The van der Waals surface area contributed by atoms with E-state index in [0.29, 0.717) is 5.69 Å². The van der Waals surface area contributed by atoms with E-state index in [9.17, 15) is 14.9 Å². The number of hydrogen-bond acceptors (Lipinski definition) is 8. The molecule has 0 bridgehead atoms. The SMILES string of the molecule is COC(=O)c1ccccc1N(C)c1ncnc(OC2CCCCC2)c1[N+](=O)[O-]. The maximum absolute atomic E-state index is 12.1. The van der Waals surface area contributed by atoms with Gasteiger partial charge in [-0.15, -0.1) is 0 Å². The first kappa shape index (κ1) is 19.5. The quantitative estimate of drug-likeness (QED) is 0.420. The third-order valence-corrected chi connectivity index (χ3v) is 4.77. The molecule has 28 heavy (non-hydrogen) atoms. The molecule has 1 aliphatic rings. The van der Waals surface area contributed by atoms with Crippen LogP contribution < -0.4 is 9.64 Å². The van der Waals surface area contributed by atoms with Gasteiger partial charge < -0.3 is 14.4 Å². The molecule has 0 atom stereocenters. The number of nitrogens with zero attached hydrogens (tertiary/aromatic N) is 4. The van der Waals surface area contributed by atoms with Crippen molar-refractivity contribution in [2.24, 2.45) is 0 Å². The zero-order valence-corrected chi connectivity index (χ0v) is 15.8. The third kappa shape index (κ3) is 4.03. The summed E-state index contributed by atoms with van der Waals surface area (Å²) in [6.45, 7) is 0. The molecular formula is C19H22N4O5. The number of para-hydroxylation sites is 1. The van der Waals surface area contributed by atoms with E-state index >= 15 is 0 Å². The van der Waals surface area contributed by atoms with Gasteiger partial charge >= 0.3 is 11.7 Å². The fraction of sp³-hybridized carbons (Fsp3) is 0.421. The summed E-state index contributed by atoms with van der Waals surface area (Å²) in [6.07, 6.45) is 6.03. The molecule has 1 aliphatic carbocycles. The molecule has 0 unspecified atom stereocenters. The Morgan fingerprint density at radius 2 is 1.93 bits per heavy atom. The van der Waals surface area contributed by atoms with E-state index in [0.717, 1.165) is 32.1 Å². The second-order valence-electron chi connectivity index (χ2n) is 6.55. The summed E-state index contributed by atoms with van der Waals surface area (Å²) >= 11 is 0. The Morgan fingerprint density at radius 1 is 1.21 bits per heavy atom. The van der Waals surface area contributed by atoms with Gasteiger partial charge in [0.25, 0.3) is 5.88 Å². The van der Waals surface area contributed by atoms with Gasteiger partial charge in [0.2, 0.25) is 5.82 Å². The number of methoxy groups -OCH3 is 1. The van der Waals surface area contributed by atoms with Gasteiger partial charge in [-0.25, -0.2) is 9.78 Å². The van der Waals surface area contributed by atoms with Crippen molar-refractivity contribution < 1.29 is 19.2 Å². The number of aromatic nitrogens is 2. The van der Waals surface area contributed by atoms with E-state index in [1.54, 1.807) is 31.3 Å². The van der Waals surface area contributed by atoms with Crippen LogP contribution in [0.4, 0.5) is 17.2 Å². The normalized spacial score (nSPS) is 14.4. The van der Waals surface area contributed by atoms with Gasteiger partial charge in [-0.3, -0.25) is 10.1 Å². The molecule has 9 heteroatoms. The Labute approximate surface area is 162 Å². The summed E-state index contributed by atoms with van der Waals surface area (Å²) in [5.41, 5.74) is 0.380. The number of carbonyl (C=O) groups is 1. The zero-order chi connectivity index (χ0) is 20.1. The van der Waals surface area contributed by atoms with Gasteiger partial charge in [-0.1, -0.05) is 18.6 Å². The van der Waals surface area contributed by atoms with E-state index in [-0.39, 0.29) is 29.1 Å². The molecular weight excluding hydrogens is 364 g/mol. The highest BCUT2D eigenvalue weighted by Crippen LogP contribution is 2.38. The van der Waals surface area contributed by atoms with Crippen molar-refractivity contribution >= 4 is 23.2 Å². The van der Waals surface area contributed by atoms with Gasteiger partial charge in [0.15, 0.2) is 0 Å². The number of carbonyl (C=O) groups excluding carboxylic acids is 1. The lowest BCUT2D eigenvalue weighted by molar-refractivity contribution is -0.385. The molecule has 1 fully saturated rings. The second-order valence-corrected chi connectivity index (χ2v) is 6.55. The van der Waals surface area contributed by atoms with Crippen molar-refractivity contribution in [1.29, 1.82) is 0 Å². The van der Waals surface area contributed by atoms with E-state index in [2.05, 4.69) is 9.97 Å². The zero-order valence-electron chi connectivity index (χ0n) is 15.8. The van der Waals surface area contributed by atoms with E-state index in [1.807, 2.05) is 0 Å². The molecule has 1 heterocycles. The van der Waals surface area contributed by atoms with Gasteiger partial charge in [0.1, 0.15) is 12.4 Å². The molecule has 3 rings (SSSR count). The summed E-state index contributed by atoms with van der Waals surface area (Å²) in [7, 11) is 2.88. The van der Waals surface area contributed by atoms with Crippen molar-refractivity contribution in [2.45, 2.75) is 38.2 Å². The van der Waals surface area contributed by atoms with Crippen LogP contribution in [0, 0.1) is 10.1 Å². The number of rotatable bonds is 6. The van der Waals surface area contributed by atoms with Crippen LogP contribution in [-0.2, 0) is 4.74 Å². The van der Waals surface area contributed by atoms with Crippen molar-refractivity contribution in [1.82, 2.24) is 9.97 Å². The highest BCUT2D eigenvalue weighted by molar-refractivity contribution is 5.97. The monoisotopic (exact) mass is 386 g/mol. The Bertz CT molecular complexity index is 867. The lowest BCUT2D eigenvalue weighted by Crippen LogP contribution is -2.22. The van der Waals surface area contributed by atoms with Gasteiger partial charge in [0.05, 0.1) is 23.3 Å². The number of esters is 1. The molecule has 0 amide bonds. The Balaban J connectivity index is 2.01.